The summed E-state index contributed by atoms with van der Waals surface area (Å²) in [5, 5.41) is 3.50. The van der Waals surface area contributed by atoms with Gasteiger partial charge in [-0.1, -0.05) is 13.3 Å². The minimum absolute atomic E-state index is 0.553. The van der Waals surface area contributed by atoms with Gasteiger partial charge in [0, 0.05) is 38.8 Å². The smallest absolute Gasteiger partial charge is 0.0588 e. The van der Waals surface area contributed by atoms with Crippen molar-refractivity contribution in [2.75, 3.05) is 32.8 Å². The standard InChI is InChI=1S/C13H26N2O/c1-2-4-12-11-14-7-9-15(12)8-6-13-5-3-10-16-13/h12-14H,2-11H2,1H3. The predicted molar refractivity (Wildman–Crippen MR) is 66.7 cm³/mol. The topological polar surface area (TPSA) is 24.5 Å². The van der Waals surface area contributed by atoms with Crippen molar-refractivity contribution in [2.24, 2.45) is 0 Å². The van der Waals surface area contributed by atoms with Crippen LogP contribution in [0.5, 0.6) is 0 Å². The zero-order valence-corrected chi connectivity index (χ0v) is 10.6. The van der Waals surface area contributed by atoms with Crippen LogP contribution in [0.3, 0.4) is 0 Å². The Morgan fingerprint density at radius 1 is 1.38 bits per heavy atom. The summed E-state index contributed by atoms with van der Waals surface area (Å²) in [6, 6.07) is 0.764. The minimum atomic E-state index is 0.553. The lowest BCUT2D eigenvalue weighted by molar-refractivity contribution is 0.0768. The molecule has 0 aliphatic carbocycles. The zero-order chi connectivity index (χ0) is 11.2. The van der Waals surface area contributed by atoms with Gasteiger partial charge in [0.1, 0.15) is 0 Å². The molecule has 16 heavy (non-hydrogen) atoms. The number of nitrogens with zero attached hydrogens (tertiary/aromatic N) is 1. The van der Waals surface area contributed by atoms with Crippen LogP contribution in [-0.2, 0) is 4.74 Å². The summed E-state index contributed by atoms with van der Waals surface area (Å²) >= 11 is 0. The van der Waals surface area contributed by atoms with E-state index in [2.05, 4.69) is 17.1 Å². The second-order valence-electron chi connectivity index (χ2n) is 5.11. The van der Waals surface area contributed by atoms with Crippen molar-refractivity contribution in [1.82, 2.24) is 10.2 Å². The Bertz CT molecular complexity index is 190. The molecular weight excluding hydrogens is 200 g/mol. The molecule has 0 aromatic carbocycles. The van der Waals surface area contributed by atoms with Gasteiger partial charge in [-0.2, -0.15) is 0 Å². The summed E-state index contributed by atoms with van der Waals surface area (Å²) in [6.07, 6.45) is 6.97. The molecule has 0 amide bonds. The minimum Gasteiger partial charge on any atom is -0.378 e. The Hall–Kier alpha value is -0.120. The summed E-state index contributed by atoms with van der Waals surface area (Å²) < 4.78 is 5.70. The van der Waals surface area contributed by atoms with E-state index in [9.17, 15) is 0 Å². The van der Waals surface area contributed by atoms with Crippen LogP contribution in [0.25, 0.3) is 0 Å². The molecule has 0 radical (unpaired) electrons. The van der Waals surface area contributed by atoms with E-state index in [1.807, 2.05) is 0 Å². The summed E-state index contributed by atoms with van der Waals surface area (Å²) in [5.41, 5.74) is 0. The van der Waals surface area contributed by atoms with E-state index in [1.54, 1.807) is 0 Å². The van der Waals surface area contributed by atoms with Crippen LogP contribution in [0.2, 0.25) is 0 Å². The number of piperazine rings is 1. The van der Waals surface area contributed by atoms with Gasteiger partial charge >= 0.3 is 0 Å². The van der Waals surface area contributed by atoms with Crippen LogP contribution in [0.4, 0.5) is 0 Å². The van der Waals surface area contributed by atoms with Crippen molar-refractivity contribution < 1.29 is 4.74 Å². The molecule has 2 fully saturated rings. The van der Waals surface area contributed by atoms with E-state index in [0.717, 1.165) is 19.2 Å². The van der Waals surface area contributed by atoms with Crippen molar-refractivity contribution in [1.29, 1.82) is 0 Å². The number of hydrogen-bond acceptors (Lipinski definition) is 3. The molecule has 2 heterocycles. The molecule has 0 bridgehead atoms. The van der Waals surface area contributed by atoms with E-state index in [1.165, 1.54) is 51.7 Å². The zero-order valence-electron chi connectivity index (χ0n) is 10.6. The van der Waals surface area contributed by atoms with E-state index in [4.69, 9.17) is 4.74 Å². The molecule has 0 aromatic heterocycles. The van der Waals surface area contributed by atoms with Gasteiger partial charge in [0.05, 0.1) is 6.10 Å². The van der Waals surface area contributed by atoms with Gasteiger partial charge in [-0.3, -0.25) is 4.90 Å². The molecule has 2 atom stereocenters. The summed E-state index contributed by atoms with van der Waals surface area (Å²) in [5.74, 6) is 0. The second-order valence-corrected chi connectivity index (χ2v) is 5.11. The van der Waals surface area contributed by atoms with Crippen molar-refractivity contribution >= 4 is 0 Å². The molecule has 2 rings (SSSR count). The first-order valence-electron chi connectivity index (χ1n) is 6.96. The third-order valence-corrected chi connectivity index (χ3v) is 3.86. The van der Waals surface area contributed by atoms with Crippen molar-refractivity contribution in [3.8, 4) is 0 Å². The Morgan fingerprint density at radius 2 is 2.31 bits per heavy atom. The van der Waals surface area contributed by atoms with Gasteiger partial charge in [-0.15, -0.1) is 0 Å². The van der Waals surface area contributed by atoms with Gasteiger partial charge < -0.3 is 10.1 Å². The van der Waals surface area contributed by atoms with Crippen molar-refractivity contribution in [3.63, 3.8) is 0 Å². The molecule has 2 unspecified atom stereocenters. The monoisotopic (exact) mass is 226 g/mol. The van der Waals surface area contributed by atoms with Crippen LogP contribution >= 0.6 is 0 Å². The van der Waals surface area contributed by atoms with Gasteiger partial charge in [-0.05, 0) is 25.7 Å². The average Bonchev–Trinajstić information content (AvgIpc) is 2.81. The fraction of sp³-hybridized carbons (Fsp3) is 1.00. The quantitative estimate of drug-likeness (QED) is 0.771. The maximum Gasteiger partial charge on any atom is 0.0588 e. The van der Waals surface area contributed by atoms with Crippen LogP contribution < -0.4 is 5.32 Å². The first-order chi connectivity index (χ1) is 7.90. The molecule has 3 nitrogen and oxygen atoms in total. The van der Waals surface area contributed by atoms with E-state index < -0.39 is 0 Å². The highest BCUT2D eigenvalue weighted by Gasteiger charge is 2.23. The Morgan fingerprint density at radius 3 is 3.06 bits per heavy atom. The molecule has 1 N–H and O–H groups in total. The Balaban J connectivity index is 1.72. The van der Waals surface area contributed by atoms with Gasteiger partial charge in [0.15, 0.2) is 0 Å². The number of nitrogens with one attached hydrogen (secondary N) is 1. The van der Waals surface area contributed by atoms with Crippen molar-refractivity contribution in [3.05, 3.63) is 0 Å². The number of ether oxygens (including phenoxy) is 1. The maximum absolute atomic E-state index is 5.70. The normalized spacial score (nSPS) is 32.1. The van der Waals surface area contributed by atoms with Crippen LogP contribution in [0, 0.1) is 0 Å². The number of hydrogen-bond donors (Lipinski definition) is 1. The van der Waals surface area contributed by atoms with Gasteiger partial charge in [0.25, 0.3) is 0 Å². The molecule has 0 spiro atoms. The lowest BCUT2D eigenvalue weighted by Crippen LogP contribution is -2.51. The van der Waals surface area contributed by atoms with Crippen LogP contribution in [0.1, 0.15) is 39.0 Å². The summed E-state index contributed by atoms with van der Waals surface area (Å²) in [6.45, 7) is 8.07. The largest absolute Gasteiger partial charge is 0.378 e. The van der Waals surface area contributed by atoms with E-state index in [-0.39, 0.29) is 0 Å². The maximum atomic E-state index is 5.70. The molecular formula is C13H26N2O. The lowest BCUT2D eigenvalue weighted by atomic mass is 10.1. The second kappa shape index (κ2) is 6.58. The molecule has 2 aliphatic rings. The molecule has 2 aliphatic heterocycles. The molecule has 3 heteroatoms. The molecule has 94 valence electrons. The Labute approximate surface area is 99.5 Å². The van der Waals surface area contributed by atoms with Gasteiger partial charge in [0.2, 0.25) is 0 Å². The molecule has 0 saturated carbocycles. The highest BCUT2D eigenvalue weighted by atomic mass is 16.5. The fourth-order valence-corrected chi connectivity index (χ4v) is 2.90. The fourth-order valence-electron chi connectivity index (χ4n) is 2.90. The highest BCUT2D eigenvalue weighted by Crippen LogP contribution is 2.17. The predicted octanol–water partition coefficient (Wildman–Crippen LogP) is 1.63. The highest BCUT2D eigenvalue weighted by molar-refractivity contribution is 4.80. The van der Waals surface area contributed by atoms with Crippen LogP contribution in [0.15, 0.2) is 0 Å². The SMILES string of the molecule is CCCC1CNCCN1CCC1CCCO1. The average molecular weight is 226 g/mol. The van der Waals surface area contributed by atoms with E-state index in [0.29, 0.717) is 6.10 Å². The van der Waals surface area contributed by atoms with E-state index >= 15 is 0 Å². The first kappa shape index (κ1) is 12.3. The first-order valence-corrected chi connectivity index (χ1v) is 6.96. The number of rotatable bonds is 5. The summed E-state index contributed by atoms with van der Waals surface area (Å²) in [4.78, 5) is 2.67. The third kappa shape index (κ3) is 3.44. The summed E-state index contributed by atoms with van der Waals surface area (Å²) in [7, 11) is 0. The van der Waals surface area contributed by atoms with Crippen LogP contribution in [-0.4, -0.2) is 49.8 Å². The molecule has 0 aromatic rings. The van der Waals surface area contributed by atoms with Gasteiger partial charge in [-0.25, -0.2) is 0 Å². The lowest BCUT2D eigenvalue weighted by Gasteiger charge is -2.36. The third-order valence-electron chi connectivity index (χ3n) is 3.86. The molecule has 2 saturated heterocycles. The Kier molecular flexibility index (Phi) is 5.07. The van der Waals surface area contributed by atoms with Crippen molar-refractivity contribution in [2.45, 2.75) is 51.2 Å².